The lowest BCUT2D eigenvalue weighted by molar-refractivity contribution is -0.153. The second-order valence-corrected chi connectivity index (χ2v) is 6.53. The Hall–Kier alpha value is -2.90. The number of benzene rings is 2. The van der Waals surface area contributed by atoms with Crippen molar-refractivity contribution in [2.45, 2.75) is 25.9 Å². The van der Waals surface area contributed by atoms with Crippen molar-refractivity contribution < 1.29 is 33.3 Å². The highest BCUT2D eigenvalue weighted by atomic mass is 16.6. The highest BCUT2D eigenvalue weighted by molar-refractivity contribution is 5.91. The number of rotatable bonds is 12. The maximum absolute atomic E-state index is 12.3. The van der Waals surface area contributed by atoms with Crippen LogP contribution in [-0.2, 0) is 25.4 Å². The molecule has 0 bridgehead atoms. The molecule has 0 saturated heterocycles. The van der Waals surface area contributed by atoms with Crippen LogP contribution in [0.4, 0.5) is 0 Å². The average Bonchev–Trinajstić information content (AvgIpc) is 2.77. The summed E-state index contributed by atoms with van der Waals surface area (Å²) in [5, 5.41) is 0. The first-order chi connectivity index (χ1) is 14.5. The predicted molar refractivity (Wildman–Crippen MR) is 111 cm³/mol. The van der Waals surface area contributed by atoms with Gasteiger partial charge >= 0.3 is 11.9 Å². The largest absolute Gasteiger partial charge is 0.490 e. The zero-order valence-electron chi connectivity index (χ0n) is 17.6. The van der Waals surface area contributed by atoms with Crippen LogP contribution in [0.1, 0.15) is 29.3 Å². The van der Waals surface area contributed by atoms with E-state index < -0.39 is 12.1 Å². The maximum atomic E-state index is 12.3. The van der Waals surface area contributed by atoms with Crippen molar-refractivity contribution in [3.8, 4) is 11.5 Å². The van der Waals surface area contributed by atoms with Gasteiger partial charge in [-0.3, -0.25) is 4.79 Å². The lowest BCUT2D eigenvalue weighted by atomic mass is 10.1. The minimum absolute atomic E-state index is 0.152. The van der Waals surface area contributed by atoms with E-state index in [0.717, 1.165) is 12.0 Å². The number of ether oxygens (including phenoxy) is 5. The molecule has 1 unspecified atom stereocenters. The van der Waals surface area contributed by atoms with E-state index in [1.54, 1.807) is 50.4 Å². The Labute approximate surface area is 176 Å². The molecule has 7 nitrogen and oxygen atoms in total. The van der Waals surface area contributed by atoms with Crippen molar-refractivity contribution in [2.24, 2.45) is 0 Å². The smallest absolute Gasteiger partial charge is 0.343 e. The summed E-state index contributed by atoms with van der Waals surface area (Å²) in [4.78, 5) is 23.8. The molecule has 2 aromatic carbocycles. The molecule has 30 heavy (non-hydrogen) atoms. The van der Waals surface area contributed by atoms with Crippen molar-refractivity contribution in [1.82, 2.24) is 0 Å². The molecule has 0 fully saturated rings. The van der Waals surface area contributed by atoms with Gasteiger partial charge in [0.05, 0.1) is 18.8 Å². The summed E-state index contributed by atoms with van der Waals surface area (Å²) in [6.45, 7) is 2.75. The maximum Gasteiger partial charge on any atom is 0.343 e. The highest BCUT2D eigenvalue weighted by Gasteiger charge is 2.15. The molecule has 162 valence electrons. The van der Waals surface area contributed by atoms with Gasteiger partial charge in [0.25, 0.3) is 0 Å². The molecule has 7 heteroatoms. The Morgan fingerprint density at radius 1 is 0.867 bits per heavy atom. The Bertz CT molecular complexity index is 784. The van der Waals surface area contributed by atoms with Crippen LogP contribution in [0.15, 0.2) is 48.5 Å². The van der Waals surface area contributed by atoms with Crippen molar-refractivity contribution >= 4 is 11.9 Å². The molecule has 0 aliphatic carbocycles. The molecule has 2 rings (SSSR count). The van der Waals surface area contributed by atoms with E-state index in [2.05, 4.69) is 0 Å². The van der Waals surface area contributed by atoms with E-state index in [4.69, 9.17) is 23.7 Å². The van der Waals surface area contributed by atoms with E-state index in [1.807, 2.05) is 12.1 Å². The molecule has 1 atom stereocenters. The van der Waals surface area contributed by atoms with Gasteiger partial charge in [-0.1, -0.05) is 19.1 Å². The standard InChI is InChI=1S/C23H28O7/c1-4-22(24)29-21(15-27-3)16-28-19-11-7-18(8-12-19)23(25)30-20-9-5-17(6-10-20)13-14-26-2/h5-12,21H,4,13-16H2,1-3H3. The monoisotopic (exact) mass is 416 g/mol. The predicted octanol–water partition coefficient (Wildman–Crippen LogP) is 3.44. The molecule has 0 spiro atoms. The number of methoxy groups -OCH3 is 2. The van der Waals surface area contributed by atoms with Crippen LogP contribution < -0.4 is 9.47 Å². The Kier molecular flexibility index (Phi) is 9.83. The summed E-state index contributed by atoms with van der Waals surface area (Å²) in [6, 6.07) is 13.9. The Morgan fingerprint density at radius 3 is 2.13 bits per heavy atom. The van der Waals surface area contributed by atoms with Gasteiger partial charge < -0.3 is 23.7 Å². The Balaban J connectivity index is 1.88. The number of hydrogen-bond acceptors (Lipinski definition) is 7. The number of esters is 2. The molecule has 0 radical (unpaired) electrons. The summed E-state index contributed by atoms with van der Waals surface area (Å²) < 4.78 is 26.4. The van der Waals surface area contributed by atoms with E-state index in [9.17, 15) is 9.59 Å². The van der Waals surface area contributed by atoms with Crippen LogP contribution in [0.3, 0.4) is 0 Å². The average molecular weight is 416 g/mol. The SMILES string of the molecule is CCC(=O)OC(COC)COc1ccc(C(=O)Oc2ccc(CCOC)cc2)cc1. The summed E-state index contributed by atoms with van der Waals surface area (Å²) >= 11 is 0. The molecule has 0 heterocycles. The topological polar surface area (TPSA) is 80.3 Å². The zero-order chi connectivity index (χ0) is 21.8. The van der Waals surface area contributed by atoms with E-state index in [1.165, 1.54) is 7.11 Å². The number of carbonyl (C=O) groups is 2. The van der Waals surface area contributed by atoms with Crippen molar-refractivity contribution in [3.05, 3.63) is 59.7 Å². The van der Waals surface area contributed by atoms with Gasteiger partial charge in [0.1, 0.15) is 18.1 Å². The van der Waals surface area contributed by atoms with Crippen LogP contribution in [0.2, 0.25) is 0 Å². The lowest BCUT2D eigenvalue weighted by Crippen LogP contribution is -2.29. The number of carbonyl (C=O) groups excluding carboxylic acids is 2. The first-order valence-electron chi connectivity index (χ1n) is 9.77. The highest BCUT2D eigenvalue weighted by Crippen LogP contribution is 2.17. The summed E-state index contributed by atoms with van der Waals surface area (Å²) in [7, 11) is 3.19. The second kappa shape index (κ2) is 12.6. The van der Waals surface area contributed by atoms with E-state index >= 15 is 0 Å². The quantitative estimate of drug-likeness (QED) is 0.387. The third-order valence-electron chi connectivity index (χ3n) is 4.19. The van der Waals surface area contributed by atoms with Gasteiger partial charge in [-0.2, -0.15) is 0 Å². The van der Waals surface area contributed by atoms with Gasteiger partial charge in [0.15, 0.2) is 6.10 Å². The third kappa shape index (κ3) is 7.85. The molecular formula is C23H28O7. The van der Waals surface area contributed by atoms with Gasteiger partial charge in [-0.15, -0.1) is 0 Å². The van der Waals surface area contributed by atoms with E-state index in [-0.39, 0.29) is 25.6 Å². The minimum Gasteiger partial charge on any atom is -0.490 e. The fourth-order valence-corrected chi connectivity index (χ4v) is 2.56. The normalized spacial score (nSPS) is 11.6. The fraction of sp³-hybridized carbons (Fsp3) is 0.391. The molecule has 0 aliphatic rings. The summed E-state index contributed by atoms with van der Waals surface area (Å²) in [5.74, 6) is 0.245. The van der Waals surface area contributed by atoms with Crippen LogP contribution in [-0.4, -0.2) is 52.1 Å². The molecule has 0 N–H and O–H groups in total. The fourth-order valence-electron chi connectivity index (χ4n) is 2.56. The molecule has 0 saturated carbocycles. The molecule has 0 aliphatic heterocycles. The van der Waals surface area contributed by atoms with Crippen LogP contribution in [0.25, 0.3) is 0 Å². The lowest BCUT2D eigenvalue weighted by Gasteiger charge is -2.17. The molecule has 0 aromatic heterocycles. The van der Waals surface area contributed by atoms with Gasteiger partial charge in [0.2, 0.25) is 0 Å². The minimum atomic E-state index is -0.501. The number of hydrogen-bond donors (Lipinski definition) is 0. The van der Waals surface area contributed by atoms with Crippen LogP contribution in [0.5, 0.6) is 11.5 Å². The summed E-state index contributed by atoms with van der Waals surface area (Å²) in [5.41, 5.74) is 1.51. The zero-order valence-corrected chi connectivity index (χ0v) is 17.6. The second-order valence-electron chi connectivity index (χ2n) is 6.53. The van der Waals surface area contributed by atoms with E-state index in [0.29, 0.717) is 23.7 Å². The van der Waals surface area contributed by atoms with Gasteiger partial charge in [-0.05, 0) is 48.4 Å². The van der Waals surface area contributed by atoms with Gasteiger partial charge in [0, 0.05) is 20.6 Å². The first-order valence-corrected chi connectivity index (χ1v) is 9.77. The van der Waals surface area contributed by atoms with Crippen molar-refractivity contribution in [3.63, 3.8) is 0 Å². The molecular weight excluding hydrogens is 388 g/mol. The van der Waals surface area contributed by atoms with Crippen molar-refractivity contribution in [1.29, 1.82) is 0 Å². The first kappa shape index (κ1) is 23.4. The molecule has 2 aromatic rings. The van der Waals surface area contributed by atoms with Crippen LogP contribution >= 0.6 is 0 Å². The summed E-state index contributed by atoms with van der Waals surface area (Å²) in [6.07, 6.45) is 0.584. The van der Waals surface area contributed by atoms with Crippen LogP contribution in [0, 0.1) is 0 Å². The van der Waals surface area contributed by atoms with Crippen molar-refractivity contribution in [2.75, 3.05) is 34.0 Å². The molecule has 0 amide bonds. The third-order valence-corrected chi connectivity index (χ3v) is 4.19. The Morgan fingerprint density at radius 2 is 1.53 bits per heavy atom. The van der Waals surface area contributed by atoms with Gasteiger partial charge in [-0.25, -0.2) is 4.79 Å².